The molecule has 0 bridgehead atoms. The zero-order valence-corrected chi connectivity index (χ0v) is 22.5. The summed E-state index contributed by atoms with van der Waals surface area (Å²) in [6.07, 6.45) is 0.523. The van der Waals surface area contributed by atoms with Crippen molar-refractivity contribution >= 4 is 17.7 Å². The van der Waals surface area contributed by atoms with E-state index in [9.17, 15) is 9.59 Å². The van der Waals surface area contributed by atoms with Crippen LogP contribution in [0.3, 0.4) is 0 Å². The van der Waals surface area contributed by atoms with Crippen molar-refractivity contribution in [2.45, 2.75) is 78.7 Å². The van der Waals surface area contributed by atoms with E-state index in [-0.39, 0.29) is 18.0 Å². The first-order valence-corrected chi connectivity index (χ1v) is 12.5. The molecular weight excluding hydrogens is 458 g/mol. The van der Waals surface area contributed by atoms with Crippen molar-refractivity contribution in [1.82, 2.24) is 19.8 Å². The molecule has 0 saturated carbocycles. The molecule has 9 heteroatoms. The normalized spacial score (nSPS) is 15.8. The minimum atomic E-state index is -0.735. The molecule has 36 heavy (non-hydrogen) atoms. The standard InChI is InChI=1S/C27H39N5O4/c1-18-23(30-26(34)36-27(4,5)6)19(2)29-25(28-18)35-20(3)24(33)31(7)22-13-15-32(16-14-22)17-21-11-9-8-10-12-21/h8-12,20,22H,13-17H2,1-7H3,(H,30,34). The van der Waals surface area contributed by atoms with Crippen molar-refractivity contribution in [3.8, 4) is 6.01 Å². The van der Waals surface area contributed by atoms with E-state index in [2.05, 4.69) is 44.5 Å². The molecular formula is C27H39N5O4. The Balaban J connectivity index is 1.54. The summed E-state index contributed by atoms with van der Waals surface area (Å²) in [5.41, 5.74) is 2.22. The molecule has 2 heterocycles. The smallest absolute Gasteiger partial charge is 0.412 e. The number of amides is 2. The maximum absolute atomic E-state index is 13.1. The topological polar surface area (TPSA) is 96.9 Å². The molecule has 0 radical (unpaired) electrons. The number of aromatic nitrogens is 2. The number of ether oxygens (including phenoxy) is 2. The highest BCUT2D eigenvalue weighted by Gasteiger charge is 2.29. The molecule has 1 N–H and O–H groups in total. The average molecular weight is 498 g/mol. The molecule has 3 rings (SSSR count). The molecule has 9 nitrogen and oxygen atoms in total. The van der Waals surface area contributed by atoms with Gasteiger partial charge in [0.25, 0.3) is 5.91 Å². The van der Waals surface area contributed by atoms with E-state index in [1.54, 1.807) is 46.4 Å². The summed E-state index contributed by atoms with van der Waals surface area (Å²) in [6.45, 7) is 13.4. The van der Waals surface area contributed by atoms with Gasteiger partial charge in [0.05, 0.1) is 17.1 Å². The van der Waals surface area contributed by atoms with Crippen LogP contribution in [0, 0.1) is 13.8 Å². The van der Waals surface area contributed by atoms with Crippen LogP contribution in [0.5, 0.6) is 6.01 Å². The molecule has 2 aromatic rings. The van der Waals surface area contributed by atoms with Gasteiger partial charge in [0, 0.05) is 32.7 Å². The lowest BCUT2D eigenvalue weighted by Crippen LogP contribution is -2.48. The number of carbonyl (C=O) groups is 2. The zero-order chi connectivity index (χ0) is 26.5. The first-order valence-electron chi connectivity index (χ1n) is 12.5. The van der Waals surface area contributed by atoms with E-state index >= 15 is 0 Å². The van der Waals surface area contributed by atoms with E-state index in [4.69, 9.17) is 9.47 Å². The third kappa shape index (κ3) is 7.65. The van der Waals surface area contributed by atoms with Crippen LogP contribution in [0.4, 0.5) is 10.5 Å². The largest absolute Gasteiger partial charge is 0.450 e. The summed E-state index contributed by atoms with van der Waals surface area (Å²) in [5.74, 6) is -0.105. The predicted octanol–water partition coefficient (Wildman–Crippen LogP) is 4.33. The molecule has 1 aromatic heterocycles. The molecule has 1 aliphatic heterocycles. The molecule has 1 saturated heterocycles. The lowest BCUT2D eigenvalue weighted by molar-refractivity contribution is -0.139. The molecule has 2 amide bonds. The van der Waals surface area contributed by atoms with Crippen molar-refractivity contribution < 1.29 is 19.1 Å². The maximum atomic E-state index is 13.1. The van der Waals surface area contributed by atoms with Crippen LogP contribution in [0.2, 0.25) is 0 Å². The van der Waals surface area contributed by atoms with Crippen molar-refractivity contribution in [2.75, 3.05) is 25.5 Å². The lowest BCUT2D eigenvalue weighted by Gasteiger charge is -2.37. The molecule has 1 aromatic carbocycles. The second-order valence-corrected chi connectivity index (χ2v) is 10.4. The number of nitrogens with one attached hydrogen (secondary N) is 1. The highest BCUT2D eigenvalue weighted by molar-refractivity contribution is 5.86. The predicted molar refractivity (Wildman–Crippen MR) is 139 cm³/mol. The van der Waals surface area contributed by atoms with Crippen LogP contribution in [-0.4, -0.2) is 69.7 Å². The quantitative estimate of drug-likeness (QED) is 0.608. The van der Waals surface area contributed by atoms with Crippen LogP contribution in [0.1, 0.15) is 57.5 Å². The van der Waals surface area contributed by atoms with Gasteiger partial charge < -0.3 is 14.4 Å². The van der Waals surface area contributed by atoms with E-state index in [0.29, 0.717) is 17.1 Å². The molecule has 1 atom stereocenters. The number of hydrogen-bond acceptors (Lipinski definition) is 7. The summed E-state index contributed by atoms with van der Waals surface area (Å²) in [5, 5.41) is 2.70. The summed E-state index contributed by atoms with van der Waals surface area (Å²) < 4.78 is 11.1. The molecule has 0 aliphatic carbocycles. The third-order valence-electron chi connectivity index (χ3n) is 6.21. The Hall–Kier alpha value is -3.20. The van der Waals surface area contributed by atoms with Crippen LogP contribution in [0.25, 0.3) is 0 Å². The van der Waals surface area contributed by atoms with Gasteiger partial charge in [-0.2, -0.15) is 9.97 Å². The summed E-state index contributed by atoms with van der Waals surface area (Å²) in [7, 11) is 1.84. The Morgan fingerprint density at radius 2 is 1.69 bits per heavy atom. The zero-order valence-electron chi connectivity index (χ0n) is 22.5. The van der Waals surface area contributed by atoms with Gasteiger partial charge in [0.1, 0.15) is 5.60 Å². The van der Waals surface area contributed by atoms with Gasteiger partial charge >= 0.3 is 12.1 Å². The molecule has 1 fully saturated rings. The Morgan fingerprint density at radius 1 is 1.11 bits per heavy atom. The Bertz CT molecular complexity index is 1020. The minimum absolute atomic E-state index is 0.103. The van der Waals surface area contributed by atoms with Crippen LogP contribution >= 0.6 is 0 Å². The van der Waals surface area contributed by atoms with Crippen LogP contribution in [0.15, 0.2) is 30.3 Å². The number of likely N-dealkylation sites (N-methyl/N-ethyl adjacent to an activating group) is 1. The van der Waals surface area contributed by atoms with Crippen molar-refractivity contribution in [2.24, 2.45) is 0 Å². The number of piperidine rings is 1. The van der Waals surface area contributed by atoms with Gasteiger partial charge in [0.15, 0.2) is 6.10 Å². The first kappa shape index (κ1) is 27.4. The average Bonchev–Trinajstić information content (AvgIpc) is 2.80. The Labute approximate surface area is 214 Å². The van der Waals surface area contributed by atoms with Gasteiger partial charge in [-0.15, -0.1) is 0 Å². The lowest BCUT2D eigenvalue weighted by atomic mass is 10.0. The molecule has 196 valence electrons. The summed E-state index contributed by atoms with van der Waals surface area (Å²) >= 11 is 0. The molecule has 1 unspecified atom stereocenters. The van der Waals surface area contributed by atoms with Crippen molar-refractivity contribution in [1.29, 1.82) is 0 Å². The van der Waals surface area contributed by atoms with Gasteiger partial charge in [0.2, 0.25) is 0 Å². The number of anilines is 1. The number of carbonyl (C=O) groups excluding carboxylic acids is 2. The van der Waals surface area contributed by atoms with E-state index in [1.807, 2.05) is 13.1 Å². The Kier molecular flexibility index (Phi) is 8.89. The number of benzene rings is 1. The fourth-order valence-electron chi connectivity index (χ4n) is 4.31. The van der Waals surface area contributed by atoms with Gasteiger partial charge in [-0.3, -0.25) is 15.0 Å². The van der Waals surface area contributed by atoms with Crippen LogP contribution < -0.4 is 10.1 Å². The van der Waals surface area contributed by atoms with Gasteiger partial charge in [-0.25, -0.2) is 4.79 Å². The molecule has 0 spiro atoms. The highest BCUT2D eigenvalue weighted by atomic mass is 16.6. The van der Waals surface area contributed by atoms with Crippen LogP contribution in [-0.2, 0) is 16.1 Å². The number of aryl methyl sites for hydroxylation is 2. The second kappa shape index (κ2) is 11.7. The number of hydrogen-bond donors (Lipinski definition) is 1. The second-order valence-electron chi connectivity index (χ2n) is 10.4. The third-order valence-corrected chi connectivity index (χ3v) is 6.21. The molecule has 1 aliphatic rings. The van der Waals surface area contributed by atoms with Gasteiger partial charge in [-0.05, 0) is 59.9 Å². The first-order chi connectivity index (χ1) is 16.9. The number of nitrogens with zero attached hydrogens (tertiary/aromatic N) is 4. The van der Waals surface area contributed by atoms with E-state index in [1.165, 1.54) is 5.56 Å². The fourth-order valence-corrected chi connectivity index (χ4v) is 4.31. The number of rotatable bonds is 7. The van der Waals surface area contributed by atoms with E-state index in [0.717, 1.165) is 32.5 Å². The summed E-state index contributed by atoms with van der Waals surface area (Å²) in [6, 6.07) is 10.7. The summed E-state index contributed by atoms with van der Waals surface area (Å²) in [4.78, 5) is 38.2. The van der Waals surface area contributed by atoms with Crippen molar-refractivity contribution in [3.05, 3.63) is 47.3 Å². The van der Waals surface area contributed by atoms with Crippen molar-refractivity contribution in [3.63, 3.8) is 0 Å². The monoisotopic (exact) mass is 497 g/mol. The van der Waals surface area contributed by atoms with E-state index < -0.39 is 17.8 Å². The Morgan fingerprint density at radius 3 is 2.25 bits per heavy atom. The fraction of sp³-hybridized carbons (Fsp3) is 0.556. The highest BCUT2D eigenvalue weighted by Crippen LogP contribution is 2.23. The minimum Gasteiger partial charge on any atom is -0.450 e. The maximum Gasteiger partial charge on any atom is 0.412 e. The van der Waals surface area contributed by atoms with Gasteiger partial charge in [-0.1, -0.05) is 30.3 Å². The number of likely N-dealkylation sites (tertiary alicyclic amines) is 1. The SMILES string of the molecule is Cc1nc(OC(C)C(=O)N(C)C2CCN(Cc3ccccc3)CC2)nc(C)c1NC(=O)OC(C)(C)C.